The van der Waals surface area contributed by atoms with Crippen LogP contribution in [0.1, 0.15) is 40.9 Å². The molecule has 2 heterocycles. The molecule has 4 rings (SSSR count). The molecule has 1 N–H and O–H groups in total. The van der Waals surface area contributed by atoms with Gasteiger partial charge in [-0.05, 0) is 85.3 Å². The molecule has 158 valence electrons. The summed E-state index contributed by atoms with van der Waals surface area (Å²) in [4.78, 5) is 16.3. The molecule has 1 amide bonds. The average Bonchev–Trinajstić information content (AvgIpc) is 3.30. The first-order valence-electron chi connectivity index (χ1n) is 11.0. The van der Waals surface area contributed by atoms with E-state index in [-0.39, 0.29) is 5.91 Å². The Bertz CT molecular complexity index is 949. The summed E-state index contributed by atoms with van der Waals surface area (Å²) < 4.78 is 5.97. The summed E-state index contributed by atoms with van der Waals surface area (Å²) in [6, 6.07) is 16.1. The fourth-order valence-electron chi connectivity index (χ4n) is 3.97. The smallest absolute Gasteiger partial charge is 0.251 e. The summed E-state index contributed by atoms with van der Waals surface area (Å²) in [6.45, 7) is 4.99. The zero-order valence-electron chi connectivity index (χ0n) is 17.4. The van der Waals surface area contributed by atoms with Crippen LogP contribution in [0, 0.1) is 0 Å². The van der Waals surface area contributed by atoms with Crippen LogP contribution in [0.15, 0.2) is 53.9 Å². The number of benzene rings is 2. The molecule has 0 unspecified atom stereocenters. The highest BCUT2D eigenvalue weighted by Gasteiger charge is 2.10. The van der Waals surface area contributed by atoms with E-state index in [1.165, 1.54) is 37.2 Å². The monoisotopic (exact) mass is 422 g/mol. The maximum Gasteiger partial charge on any atom is 0.251 e. The van der Waals surface area contributed by atoms with Crippen LogP contribution in [-0.2, 0) is 6.42 Å². The molecule has 30 heavy (non-hydrogen) atoms. The lowest BCUT2D eigenvalue weighted by atomic mass is 10.1. The molecule has 2 aromatic carbocycles. The summed E-state index contributed by atoms with van der Waals surface area (Å²) in [5.41, 5.74) is 0.698. The lowest BCUT2D eigenvalue weighted by Crippen LogP contribution is -2.31. The topological polar surface area (TPSA) is 41.6 Å². The summed E-state index contributed by atoms with van der Waals surface area (Å²) in [7, 11) is 0. The third-order valence-corrected chi connectivity index (χ3v) is 6.58. The van der Waals surface area contributed by atoms with Gasteiger partial charge in [-0.25, -0.2) is 0 Å². The van der Waals surface area contributed by atoms with Crippen LogP contribution >= 0.6 is 11.3 Å². The summed E-state index contributed by atoms with van der Waals surface area (Å²) in [5, 5.41) is 7.23. The zero-order chi connectivity index (χ0) is 20.6. The molecule has 0 aliphatic carbocycles. The average molecular weight is 423 g/mol. The van der Waals surface area contributed by atoms with Crippen LogP contribution in [-0.4, -0.2) is 43.6 Å². The molecule has 1 saturated heterocycles. The first-order valence-corrected chi connectivity index (χ1v) is 11.9. The SMILES string of the molecule is O=C(NCCc1cccs1)c1ccc2cc(OCCCN3CCCCC3)ccc2c1. The van der Waals surface area contributed by atoms with Crippen molar-refractivity contribution in [2.75, 3.05) is 32.8 Å². The van der Waals surface area contributed by atoms with Crippen molar-refractivity contribution in [3.63, 3.8) is 0 Å². The maximum atomic E-state index is 12.5. The van der Waals surface area contributed by atoms with Gasteiger partial charge in [-0.2, -0.15) is 0 Å². The zero-order valence-corrected chi connectivity index (χ0v) is 18.3. The number of rotatable bonds is 9. The van der Waals surface area contributed by atoms with E-state index in [1.54, 1.807) is 11.3 Å². The van der Waals surface area contributed by atoms with Crippen LogP contribution in [0.2, 0.25) is 0 Å². The summed E-state index contributed by atoms with van der Waals surface area (Å²) in [5.74, 6) is 0.876. The lowest BCUT2D eigenvalue weighted by molar-refractivity contribution is 0.0954. The van der Waals surface area contributed by atoms with Crippen LogP contribution in [0.25, 0.3) is 10.8 Å². The number of nitrogens with one attached hydrogen (secondary N) is 1. The van der Waals surface area contributed by atoms with Crippen molar-refractivity contribution in [2.45, 2.75) is 32.1 Å². The highest BCUT2D eigenvalue weighted by molar-refractivity contribution is 7.09. The van der Waals surface area contributed by atoms with Crippen LogP contribution in [0.5, 0.6) is 5.75 Å². The van der Waals surface area contributed by atoms with Crippen molar-refractivity contribution in [3.8, 4) is 5.75 Å². The molecule has 4 nitrogen and oxygen atoms in total. The molecule has 1 fully saturated rings. The minimum absolute atomic E-state index is 0.0218. The van der Waals surface area contributed by atoms with E-state index in [2.05, 4.69) is 27.7 Å². The first-order chi connectivity index (χ1) is 14.8. The summed E-state index contributed by atoms with van der Waals surface area (Å²) >= 11 is 1.72. The number of piperidine rings is 1. The van der Waals surface area contributed by atoms with E-state index in [0.29, 0.717) is 12.1 Å². The molecule has 0 atom stereocenters. The number of ether oxygens (including phenoxy) is 1. The second-order valence-corrected chi connectivity index (χ2v) is 8.95. The number of carbonyl (C=O) groups is 1. The Kier molecular flexibility index (Phi) is 7.38. The van der Waals surface area contributed by atoms with Gasteiger partial charge in [-0.3, -0.25) is 4.79 Å². The Labute approximate surface area is 182 Å². The number of amides is 1. The molecule has 0 radical (unpaired) electrons. The van der Waals surface area contributed by atoms with Gasteiger partial charge in [-0.15, -0.1) is 11.3 Å². The van der Waals surface area contributed by atoms with Gasteiger partial charge in [0.25, 0.3) is 5.91 Å². The maximum absolute atomic E-state index is 12.5. The van der Waals surface area contributed by atoms with E-state index in [1.807, 2.05) is 36.4 Å². The van der Waals surface area contributed by atoms with Gasteiger partial charge in [-0.1, -0.05) is 24.6 Å². The number of carbonyl (C=O) groups excluding carboxylic acids is 1. The minimum Gasteiger partial charge on any atom is -0.494 e. The van der Waals surface area contributed by atoms with E-state index in [9.17, 15) is 4.79 Å². The Morgan fingerprint density at radius 1 is 1.03 bits per heavy atom. The van der Waals surface area contributed by atoms with Gasteiger partial charge in [0.2, 0.25) is 0 Å². The molecule has 0 bridgehead atoms. The van der Waals surface area contributed by atoms with Crippen molar-refractivity contribution in [3.05, 3.63) is 64.4 Å². The van der Waals surface area contributed by atoms with Crippen LogP contribution in [0.4, 0.5) is 0 Å². The highest BCUT2D eigenvalue weighted by Crippen LogP contribution is 2.22. The largest absolute Gasteiger partial charge is 0.494 e. The van der Waals surface area contributed by atoms with E-state index >= 15 is 0 Å². The summed E-state index contributed by atoms with van der Waals surface area (Å²) in [6.07, 6.45) is 5.97. The molecule has 1 aliphatic heterocycles. The molecule has 3 aromatic rings. The third kappa shape index (κ3) is 5.83. The Morgan fingerprint density at radius 3 is 2.70 bits per heavy atom. The van der Waals surface area contributed by atoms with Crippen LogP contribution in [0.3, 0.4) is 0 Å². The van der Waals surface area contributed by atoms with E-state index in [4.69, 9.17) is 4.74 Å². The number of likely N-dealkylation sites (tertiary alicyclic amines) is 1. The standard InChI is InChI=1S/C25H30N2O2S/c28-25(26-12-11-24-6-4-17-30-24)22-8-7-21-19-23(10-9-20(21)18-22)29-16-5-15-27-13-2-1-3-14-27/h4,6-10,17-19H,1-3,5,11-16H2,(H,26,28). The van der Waals surface area contributed by atoms with Crippen molar-refractivity contribution < 1.29 is 9.53 Å². The van der Waals surface area contributed by atoms with Gasteiger partial charge in [0.15, 0.2) is 0 Å². The van der Waals surface area contributed by atoms with Crippen molar-refractivity contribution in [1.82, 2.24) is 10.2 Å². The third-order valence-electron chi connectivity index (χ3n) is 5.65. The predicted molar refractivity (Wildman–Crippen MR) is 125 cm³/mol. The highest BCUT2D eigenvalue weighted by atomic mass is 32.1. The lowest BCUT2D eigenvalue weighted by Gasteiger charge is -2.26. The second kappa shape index (κ2) is 10.6. The molecule has 0 saturated carbocycles. The predicted octanol–water partition coefficient (Wildman–Crippen LogP) is 5.13. The van der Waals surface area contributed by atoms with Crippen molar-refractivity contribution in [2.24, 2.45) is 0 Å². The van der Waals surface area contributed by atoms with Gasteiger partial charge < -0.3 is 15.0 Å². The molecule has 1 aromatic heterocycles. The van der Waals surface area contributed by atoms with E-state index < -0.39 is 0 Å². The van der Waals surface area contributed by atoms with Gasteiger partial charge >= 0.3 is 0 Å². The minimum atomic E-state index is -0.0218. The fraction of sp³-hybridized carbons (Fsp3) is 0.400. The van der Waals surface area contributed by atoms with Crippen molar-refractivity contribution >= 4 is 28.0 Å². The van der Waals surface area contributed by atoms with Crippen LogP contribution < -0.4 is 10.1 Å². The number of nitrogens with zero attached hydrogens (tertiary/aromatic N) is 1. The second-order valence-electron chi connectivity index (χ2n) is 7.91. The molecule has 0 spiro atoms. The quantitative estimate of drug-likeness (QED) is 0.486. The normalized spacial score (nSPS) is 14.7. The number of fused-ring (bicyclic) bond motifs is 1. The molecular formula is C25H30N2O2S. The van der Waals surface area contributed by atoms with E-state index in [0.717, 1.165) is 42.5 Å². The Hall–Kier alpha value is -2.37. The molecular weight excluding hydrogens is 392 g/mol. The van der Waals surface area contributed by atoms with Crippen molar-refractivity contribution in [1.29, 1.82) is 0 Å². The van der Waals surface area contributed by atoms with Gasteiger partial charge in [0.1, 0.15) is 5.75 Å². The Balaban J connectivity index is 1.26. The molecule has 1 aliphatic rings. The van der Waals surface area contributed by atoms with Gasteiger partial charge in [0, 0.05) is 23.5 Å². The fourth-order valence-corrected chi connectivity index (χ4v) is 4.68. The molecule has 5 heteroatoms. The number of hydrogen-bond donors (Lipinski definition) is 1. The Morgan fingerprint density at radius 2 is 1.87 bits per heavy atom. The van der Waals surface area contributed by atoms with Gasteiger partial charge in [0.05, 0.1) is 6.61 Å². The number of hydrogen-bond acceptors (Lipinski definition) is 4. The number of thiophene rings is 1. The first kappa shape index (κ1) is 20.9.